The van der Waals surface area contributed by atoms with E-state index in [4.69, 9.17) is 9.84 Å². The van der Waals surface area contributed by atoms with E-state index in [1.54, 1.807) is 4.90 Å². The van der Waals surface area contributed by atoms with Crippen LogP contribution in [0, 0.1) is 11.8 Å². The van der Waals surface area contributed by atoms with Gasteiger partial charge in [-0.15, -0.1) is 0 Å². The monoisotopic (exact) mass is 299 g/mol. The van der Waals surface area contributed by atoms with Crippen molar-refractivity contribution in [2.75, 3.05) is 13.1 Å². The molecule has 1 heterocycles. The Labute approximate surface area is 127 Å². The van der Waals surface area contributed by atoms with Gasteiger partial charge >= 0.3 is 12.1 Å². The summed E-state index contributed by atoms with van der Waals surface area (Å²) in [4.78, 5) is 24.5. The molecule has 1 N–H and O–H groups in total. The molecule has 0 radical (unpaired) electrons. The Morgan fingerprint density at radius 2 is 2.05 bits per heavy atom. The van der Waals surface area contributed by atoms with Gasteiger partial charge in [0.1, 0.15) is 5.60 Å². The minimum atomic E-state index is -0.735. The number of ether oxygens (including phenoxy) is 1. The Kier molecular flexibility index (Phi) is 6.49. The summed E-state index contributed by atoms with van der Waals surface area (Å²) in [6, 6.07) is 0. The predicted octanol–water partition coefficient (Wildman–Crippen LogP) is 3.52. The van der Waals surface area contributed by atoms with Gasteiger partial charge < -0.3 is 14.7 Å². The molecule has 0 aromatic rings. The number of amides is 1. The molecule has 1 saturated heterocycles. The van der Waals surface area contributed by atoms with Crippen LogP contribution in [-0.2, 0) is 9.53 Å². The topological polar surface area (TPSA) is 66.8 Å². The Morgan fingerprint density at radius 3 is 2.62 bits per heavy atom. The van der Waals surface area contributed by atoms with Crippen LogP contribution in [-0.4, -0.2) is 40.8 Å². The maximum atomic E-state index is 12.1. The first-order chi connectivity index (χ1) is 9.67. The number of carboxylic acid groups (broad SMARTS) is 1. The van der Waals surface area contributed by atoms with Crippen LogP contribution in [0.25, 0.3) is 0 Å². The highest BCUT2D eigenvalue weighted by Gasteiger charge is 2.27. The second-order valence-corrected chi connectivity index (χ2v) is 7.21. The van der Waals surface area contributed by atoms with Crippen molar-refractivity contribution in [2.45, 2.75) is 65.4 Å². The summed E-state index contributed by atoms with van der Waals surface area (Å²) < 4.78 is 5.41. The van der Waals surface area contributed by atoms with Crippen molar-refractivity contribution in [1.29, 1.82) is 0 Å². The average molecular weight is 299 g/mol. The van der Waals surface area contributed by atoms with E-state index in [-0.39, 0.29) is 18.4 Å². The summed E-state index contributed by atoms with van der Waals surface area (Å²) in [7, 11) is 0. The van der Waals surface area contributed by atoms with Gasteiger partial charge in [-0.3, -0.25) is 4.79 Å². The molecule has 5 heteroatoms. The molecule has 0 aromatic heterocycles. The van der Waals surface area contributed by atoms with Gasteiger partial charge in [-0.05, 0) is 58.3 Å². The maximum Gasteiger partial charge on any atom is 0.410 e. The van der Waals surface area contributed by atoms with Crippen LogP contribution in [0.2, 0.25) is 0 Å². The van der Waals surface area contributed by atoms with Gasteiger partial charge in [0.25, 0.3) is 0 Å². The quantitative estimate of drug-likeness (QED) is 0.843. The number of rotatable bonds is 5. The number of aliphatic carboxylic acids is 1. The zero-order valence-electron chi connectivity index (χ0n) is 13.7. The van der Waals surface area contributed by atoms with Crippen molar-refractivity contribution in [3.8, 4) is 0 Å². The summed E-state index contributed by atoms with van der Waals surface area (Å²) in [5.74, 6) is -0.0801. The van der Waals surface area contributed by atoms with E-state index in [0.29, 0.717) is 5.92 Å². The third kappa shape index (κ3) is 7.34. The van der Waals surface area contributed by atoms with Gasteiger partial charge in [0, 0.05) is 19.5 Å². The minimum absolute atomic E-state index is 0.194. The van der Waals surface area contributed by atoms with E-state index in [0.717, 1.165) is 38.8 Å². The van der Waals surface area contributed by atoms with Gasteiger partial charge in [-0.1, -0.05) is 6.92 Å². The zero-order chi connectivity index (χ0) is 16.0. The molecule has 0 spiro atoms. The van der Waals surface area contributed by atoms with Gasteiger partial charge in [0.05, 0.1) is 0 Å². The Morgan fingerprint density at radius 1 is 1.38 bits per heavy atom. The van der Waals surface area contributed by atoms with E-state index in [9.17, 15) is 9.59 Å². The number of hydrogen-bond donors (Lipinski definition) is 1. The van der Waals surface area contributed by atoms with Crippen LogP contribution in [0.1, 0.15) is 59.8 Å². The first-order valence-electron chi connectivity index (χ1n) is 7.87. The third-order valence-corrected chi connectivity index (χ3v) is 3.76. The molecular formula is C16H29NO4. The smallest absolute Gasteiger partial charge is 0.410 e. The molecule has 5 nitrogen and oxygen atoms in total. The molecule has 0 saturated carbocycles. The van der Waals surface area contributed by atoms with E-state index in [1.165, 1.54) is 0 Å². The highest BCUT2D eigenvalue weighted by molar-refractivity contribution is 5.68. The van der Waals surface area contributed by atoms with Crippen molar-refractivity contribution in [2.24, 2.45) is 11.8 Å². The molecule has 21 heavy (non-hydrogen) atoms. The van der Waals surface area contributed by atoms with Gasteiger partial charge in [0.2, 0.25) is 0 Å². The fraction of sp³-hybridized carbons (Fsp3) is 0.875. The highest BCUT2D eigenvalue weighted by Crippen LogP contribution is 2.25. The largest absolute Gasteiger partial charge is 0.481 e. The molecule has 122 valence electrons. The molecule has 2 atom stereocenters. The molecule has 0 bridgehead atoms. The lowest BCUT2D eigenvalue weighted by Gasteiger charge is -2.34. The van der Waals surface area contributed by atoms with Crippen LogP contribution in [0.15, 0.2) is 0 Å². The second kappa shape index (κ2) is 7.66. The molecule has 1 rings (SSSR count). The number of piperidine rings is 1. The van der Waals surface area contributed by atoms with Crippen molar-refractivity contribution >= 4 is 12.1 Å². The number of nitrogens with zero attached hydrogens (tertiary/aromatic N) is 1. The van der Waals surface area contributed by atoms with Crippen LogP contribution in [0.4, 0.5) is 4.79 Å². The first-order valence-corrected chi connectivity index (χ1v) is 7.87. The lowest BCUT2D eigenvalue weighted by molar-refractivity contribution is -0.138. The first kappa shape index (κ1) is 17.8. The predicted molar refractivity (Wildman–Crippen MR) is 81.2 cm³/mol. The Balaban J connectivity index is 2.38. The van der Waals surface area contributed by atoms with E-state index < -0.39 is 11.6 Å². The fourth-order valence-electron chi connectivity index (χ4n) is 2.71. The van der Waals surface area contributed by atoms with Gasteiger partial charge in [-0.25, -0.2) is 4.79 Å². The lowest BCUT2D eigenvalue weighted by atomic mass is 9.89. The van der Waals surface area contributed by atoms with Crippen molar-refractivity contribution in [1.82, 2.24) is 4.90 Å². The van der Waals surface area contributed by atoms with Crippen LogP contribution < -0.4 is 0 Å². The van der Waals surface area contributed by atoms with E-state index in [2.05, 4.69) is 0 Å². The number of carboxylic acids is 1. The molecular weight excluding hydrogens is 270 g/mol. The fourth-order valence-corrected chi connectivity index (χ4v) is 2.71. The molecule has 0 aliphatic carbocycles. The Hall–Kier alpha value is -1.26. The average Bonchev–Trinajstić information content (AvgIpc) is 2.34. The van der Waals surface area contributed by atoms with Crippen LogP contribution in [0.3, 0.4) is 0 Å². The van der Waals surface area contributed by atoms with Gasteiger partial charge in [0.15, 0.2) is 0 Å². The standard InChI is InChI=1S/C16H29NO4/c1-12(10-14(18)19)7-8-13-6-5-9-17(11-13)15(20)21-16(2,3)4/h12-13H,5-11H2,1-4H3,(H,18,19). The molecule has 1 aliphatic heterocycles. The normalized spacial score (nSPS) is 21.0. The lowest BCUT2D eigenvalue weighted by Crippen LogP contribution is -2.42. The SMILES string of the molecule is CC(CCC1CCCN(C(=O)OC(C)(C)C)C1)CC(=O)O. The molecule has 0 aromatic carbocycles. The van der Waals surface area contributed by atoms with Crippen LogP contribution in [0.5, 0.6) is 0 Å². The Bertz CT molecular complexity index is 362. The highest BCUT2D eigenvalue weighted by atomic mass is 16.6. The second-order valence-electron chi connectivity index (χ2n) is 7.21. The number of carbonyl (C=O) groups excluding carboxylic acids is 1. The summed E-state index contributed by atoms with van der Waals surface area (Å²) in [5, 5.41) is 8.77. The van der Waals surface area contributed by atoms with Crippen LogP contribution >= 0.6 is 0 Å². The molecule has 2 unspecified atom stereocenters. The molecule has 1 aliphatic rings. The summed E-state index contributed by atoms with van der Waals surface area (Å²) >= 11 is 0. The third-order valence-electron chi connectivity index (χ3n) is 3.76. The van der Waals surface area contributed by atoms with E-state index in [1.807, 2.05) is 27.7 Å². The van der Waals surface area contributed by atoms with E-state index >= 15 is 0 Å². The van der Waals surface area contributed by atoms with Crippen molar-refractivity contribution < 1.29 is 19.4 Å². The summed E-state index contributed by atoms with van der Waals surface area (Å²) in [5.41, 5.74) is -0.458. The zero-order valence-corrected chi connectivity index (χ0v) is 13.7. The summed E-state index contributed by atoms with van der Waals surface area (Å²) in [6.45, 7) is 9.09. The number of hydrogen-bond acceptors (Lipinski definition) is 3. The number of carbonyl (C=O) groups is 2. The minimum Gasteiger partial charge on any atom is -0.481 e. The van der Waals surface area contributed by atoms with Crippen molar-refractivity contribution in [3.05, 3.63) is 0 Å². The maximum absolute atomic E-state index is 12.1. The summed E-state index contributed by atoms with van der Waals surface area (Å²) in [6.07, 6.45) is 3.98. The molecule has 1 amide bonds. The van der Waals surface area contributed by atoms with Crippen molar-refractivity contribution in [3.63, 3.8) is 0 Å². The van der Waals surface area contributed by atoms with Gasteiger partial charge in [-0.2, -0.15) is 0 Å². The molecule has 1 fully saturated rings. The number of likely N-dealkylation sites (tertiary alicyclic amines) is 1.